The van der Waals surface area contributed by atoms with Gasteiger partial charge in [0, 0.05) is 6.08 Å². The Labute approximate surface area is 110 Å². The van der Waals surface area contributed by atoms with Crippen LogP contribution in [0, 0.1) is 11.3 Å². The Morgan fingerprint density at radius 3 is 2.53 bits per heavy atom. The van der Waals surface area contributed by atoms with E-state index < -0.39 is 0 Å². The summed E-state index contributed by atoms with van der Waals surface area (Å²) >= 11 is 0. The van der Waals surface area contributed by atoms with Crippen molar-refractivity contribution in [3.8, 4) is 6.07 Å². The molecule has 3 aromatic rings. The molecule has 0 aliphatic rings. The number of nitriles is 1. The molecule has 3 nitrogen and oxygen atoms in total. The first kappa shape index (κ1) is 11.2. The van der Waals surface area contributed by atoms with Crippen molar-refractivity contribution >= 4 is 23.3 Å². The predicted octanol–water partition coefficient (Wildman–Crippen LogP) is 3.87. The Morgan fingerprint density at radius 2 is 1.79 bits per heavy atom. The van der Waals surface area contributed by atoms with Gasteiger partial charge in [0.1, 0.15) is 5.52 Å². The van der Waals surface area contributed by atoms with Crippen LogP contribution in [0.25, 0.3) is 23.3 Å². The Kier molecular flexibility index (Phi) is 2.83. The molecule has 0 saturated carbocycles. The summed E-state index contributed by atoms with van der Waals surface area (Å²) in [5.74, 6) is 0.575. The number of hydrogen-bond donors (Lipinski definition) is 0. The molecule has 0 amide bonds. The van der Waals surface area contributed by atoms with Crippen LogP contribution in [-0.2, 0) is 0 Å². The lowest BCUT2D eigenvalue weighted by molar-refractivity contribution is 0.590. The SMILES string of the molecule is N#Cc1ccc(C=Cc2nc3ccccc3o2)cc1. The van der Waals surface area contributed by atoms with E-state index in [2.05, 4.69) is 11.1 Å². The molecule has 2 aromatic carbocycles. The van der Waals surface area contributed by atoms with Crippen molar-refractivity contribution in [3.05, 3.63) is 65.5 Å². The molecule has 90 valence electrons. The van der Waals surface area contributed by atoms with Crippen LogP contribution in [0.5, 0.6) is 0 Å². The summed E-state index contributed by atoms with van der Waals surface area (Å²) in [6.45, 7) is 0. The van der Waals surface area contributed by atoms with Gasteiger partial charge in [-0.05, 0) is 35.9 Å². The van der Waals surface area contributed by atoms with Crippen LogP contribution in [0.4, 0.5) is 0 Å². The highest BCUT2D eigenvalue weighted by Crippen LogP contribution is 2.16. The highest BCUT2D eigenvalue weighted by Gasteiger charge is 2.00. The molecule has 3 heteroatoms. The number of para-hydroxylation sites is 2. The Balaban J connectivity index is 1.87. The van der Waals surface area contributed by atoms with Crippen LogP contribution in [0.2, 0.25) is 0 Å². The number of fused-ring (bicyclic) bond motifs is 1. The molecule has 0 unspecified atom stereocenters. The fourth-order valence-electron chi connectivity index (χ4n) is 1.80. The van der Waals surface area contributed by atoms with Crippen molar-refractivity contribution in [2.24, 2.45) is 0 Å². The molecule has 0 aliphatic carbocycles. The third kappa shape index (κ3) is 2.38. The quantitative estimate of drug-likeness (QED) is 0.689. The Morgan fingerprint density at radius 1 is 1.00 bits per heavy atom. The monoisotopic (exact) mass is 246 g/mol. The van der Waals surface area contributed by atoms with Gasteiger partial charge in [0.2, 0.25) is 5.89 Å². The summed E-state index contributed by atoms with van der Waals surface area (Å²) in [6, 6.07) is 17.1. The van der Waals surface area contributed by atoms with E-state index in [0.29, 0.717) is 11.5 Å². The van der Waals surface area contributed by atoms with Gasteiger partial charge in [-0.3, -0.25) is 0 Å². The van der Waals surface area contributed by atoms with Gasteiger partial charge in [-0.25, -0.2) is 4.98 Å². The molecule has 1 aromatic heterocycles. The van der Waals surface area contributed by atoms with Gasteiger partial charge in [-0.15, -0.1) is 0 Å². The van der Waals surface area contributed by atoms with E-state index in [-0.39, 0.29) is 0 Å². The van der Waals surface area contributed by atoms with Crippen molar-refractivity contribution in [2.45, 2.75) is 0 Å². The van der Waals surface area contributed by atoms with Gasteiger partial charge in [-0.2, -0.15) is 5.26 Å². The summed E-state index contributed by atoms with van der Waals surface area (Å²) in [7, 11) is 0. The first-order valence-corrected chi connectivity index (χ1v) is 5.89. The van der Waals surface area contributed by atoms with E-state index in [4.69, 9.17) is 9.68 Å². The summed E-state index contributed by atoms with van der Waals surface area (Å²) in [5.41, 5.74) is 3.28. The minimum absolute atomic E-state index is 0.575. The molecule has 0 saturated heterocycles. The molecule has 0 radical (unpaired) electrons. The first-order chi connectivity index (χ1) is 9.35. The van der Waals surface area contributed by atoms with Crippen LogP contribution < -0.4 is 0 Å². The number of aromatic nitrogens is 1. The minimum Gasteiger partial charge on any atom is -0.437 e. The third-order valence-electron chi connectivity index (χ3n) is 2.77. The van der Waals surface area contributed by atoms with E-state index in [9.17, 15) is 0 Å². The Hall–Kier alpha value is -2.86. The van der Waals surface area contributed by atoms with Gasteiger partial charge in [0.25, 0.3) is 0 Å². The number of nitrogens with zero attached hydrogens (tertiary/aromatic N) is 2. The number of hydrogen-bond acceptors (Lipinski definition) is 3. The second-order valence-electron chi connectivity index (χ2n) is 4.09. The Bertz CT molecular complexity index is 743. The zero-order valence-corrected chi connectivity index (χ0v) is 10.1. The van der Waals surface area contributed by atoms with Crippen molar-refractivity contribution in [1.29, 1.82) is 5.26 Å². The number of rotatable bonds is 2. The third-order valence-corrected chi connectivity index (χ3v) is 2.77. The summed E-state index contributed by atoms with van der Waals surface area (Å²) < 4.78 is 5.58. The van der Waals surface area contributed by atoms with Crippen molar-refractivity contribution in [3.63, 3.8) is 0 Å². The average molecular weight is 246 g/mol. The summed E-state index contributed by atoms with van der Waals surface area (Å²) in [6.07, 6.45) is 3.73. The standard InChI is InChI=1S/C16H10N2O/c17-11-13-7-5-12(6-8-13)9-10-16-18-14-3-1-2-4-15(14)19-16/h1-10H. The normalized spacial score (nSPS) is 10.9. The second kappa shape index (κ2) is 4.79. The zero-order chi connectivity index (χ0) is 13.1. The smallest absolute Gasteiger partial charge is 0.220 e. The highest BCUT2D eigenvalue weighted by atomic mass is 16.3. The molecule has 0 spiro atoms. The topological polar surface area (TPSA) is 49.8 Å². The second-order valence-corrected chi connectivity index (χ2v) is 4.09. The van der Waals surface area contributed by atoms with Crippen LogP contribution >= 0.6 is 0 Å². The molecule has 19 heavy (non-hydrogen) atoms. The molecular formula is C16H10N2O. The van der Waals surface area contributed by atoms with Crippen LogP contribution in [0.3, 0.4) is 0 Å². The lowest BCUT2D eigenvalue weighted by Gasteiger charge is -1.91. The van der Waals surface area contributed by atoms with Gasteiger partial charge < -0.3 is 4.42 Å². The van der Waals surface area contributed by atoms with E-state index >= 15 is 0 Å². The fraction of sp³-hybridized carbons (Fsp3) is 0. The van der Waals surface area contributed by atoms with E-state index in [1.165, 1.54) is 0 Å². The van der Waals surface area contributed by atoms with Gasteiger partial charge in [-0.1, -0.05) is 24.3 Å². The maximum Gasteiger partial charge on any atom is 0.220 e. The number of oxazole rings is 1. The van der Waals surface area contributed by atoms with E-state index in [1.54, 1.807) is 12.1 Å². The zero-order valence-electron chi connectivity index (χ0n) is 10.1. The van der Waals surface area contributed by atoms with Crippen molar-refractivity contribution in [2.75, 3.05) is 0 Å². The molecule has 3 rings (SSSR count). The van der Waals surface area contributed by atoms with Gasteiger partial charge in [0.05, 0.1) is 11.6 Å². The molecule has 0 N–H and O–H groups in total. The van der Waals surface area contributed by atoms with E-state index in [1.807, 2.05) is 48.6 Å². The largest absolute Gasteiger partial charge is 0.437 e. The maximum atomic E-state index is 8.72. The molecule has 0 aliphatic heterocycles. The van der Waals surface area contributed by atoms with E-state index in [0.717, 1.165) is 16.7 Å². The average Bonchev–Trinajstić information content (AvgIpc) is 2.88. The maximum absolute atomic E-state index is 8.72. The molecule has 0 atom stereocenters. The minimum atomic E-state index is 0.575. The predicted molar refractivity (Wildman–Crippen MR) is 74.1 cm³/mol. The van der Waals surface area contributed by atoms with Gasteiger partial charge >= 0.3 is 0 Å². The van der Waals surface area contributed by atoms with Crippen LogP contribution in [-0.4, -0.2) is 4.98 Å². The lowest BCUT2D eigenvalue weighted by Crippen LogP contribution is -1.75. The highest BCUT2D eigenvalue weighted by molar-refractivity contribution is 5.75. The van der Waals surface area contributed by atoms with Crippen molar-refractivity contribution < 1.29 is 4.42 Å². The van der Waals surface area contributed by atoms with Crippen LogP contribution in [0.1, 0.15) is 17.0 Å². The molecule has 1 heterocycles. The van der Waals surface area contributed by atoms with Gasteiger partial charge in [0.15, 0.2) is 5.58 Å². The fourth-order valence-corrected chi connectivity index (χ4v) is 1.80. The van der Waals surface area contributed by atoms with Crippen molar-refractivity contribution in [1.82, 2.24) is 4.98 Å². The summed E-state index contributed by atoms with van der Waals surface area (Å²) in [5, 5.41) is 8.72. The molecule has 0 fully saturated rings. The lowest BCUT2D eigenvalue weighted by atomic mass is 10.1. The summed E-state index contributed by atoms with van der Waals surface area (Å²) in [4.78, 5) is 4.36. The molecular weight excluding hydrogens is 236 g/mol. The first-order valence-electron chi connectivity index (χ1n) is 5.89. The number of benzene rings is 2. The van der Waals surface area contributed by atoms with Crippen LogP contribution in [0.15, 0.2) is 52.9 Å². The molecule has 0 bridgehead atoms.